The Balaban J connectivity index is 5.77. The SMILES string of the molecule is COC(=O)[C@@H](CC/C=C(\F)CO)N(C(=O)OC(C)(C)C)C(=O)OC(C)(C)C. The summed E-state index contributed by atoms with van der Waals surface area (Å²) in [7, 11) is 1.10. The summed E-state index contributed by atoms with van der Waals surface area (Å²) in [4.78, 5) is 37.9. The molecule has 8 nitrogen and oxygen atoms in total. The van der Waals surface area contributed by atoms with Crippen LogP contribution >= 0.6 is 0 Å². The molecule has 2 amide bonds. The van der Waals surface area contributed by atoms with Crippen molar-refractivity contribution in [2.45, 2.75) is 71.6 Å². The van der Waals surface area contributed by atoms with E-state index in [-0.39, 0.29) is 12.8 Å². The van der Waals surface area contributed by atoms with Gasteiger partial charge >= 0.3 is 18.2 Å². The molecule has 0 rings (SSSR count). The Morgan fingerprint density at radius 1 is 1.04 bits per heavy atom. The number of aliphatic hydroxyl groups is 1. The van der Waals surface area contributed by atoms with Crippen LogP contribution in [0.3, 0.4) is 0 Å². The number of halogens is 1. The molecule has 0 aromatic carbocycles. The second-order valence-corrected chi connectivity index (χ2v) is 7.76. The zero-order valence-electron chi connectivity index (χ0n) is 17.0. The third-order valence-electron chi connectivity index (χ3n) is 2.92. The van der Waals surface area contributed by atoms with Crippen LogP contribution in [0.1, 0.15) is 54.4 Å². The number of esters is 1. The first-order valence-corrected chi connectivity index (χ1v) is 8.50. The number of rotatable bonds is 6. The zero-order valence-corrected chi connectivity index (χ0v) is 17.0. The minimum atomic E-state index is -1.39. The van der Waals surface area contributed by atoms with Crippen LogP contribution in [0.15, 0.2) is 11.9 Å². The van der Waals surface area contributed by atoms with Crippen molar-refractivity contribution in [2.75, 3.05) is 13.7 Å². The van der Waals surface area contributed by atoms with Gasteiger partial charge in [-0.15, -0.1) is 0 Å². The predicted molar refractivity (Wildman–Crippen MR) is 95.6 cm³/mol. The molecule has 1 atom stereocenters. The molecule has 9 heteroatoms. The van der Waals surface area contributed by atoms with Gasteiger partial charge in [0.25, 0.3) is 0 Å². The molecule has 0 aromatic heterocycles. The number of ether oxygens (including phenoxy) is 3. The number of imide groups is 1. The lowest BCUT2D eigenvalue weighted by atomic mass is 10.1. The van der Waals surface area contributed by atoms with E-state index in [4.69, 9.17) is 14.6 Å². The normalized spacial score (nSPS) is 13.6. The maximum atomic E-state index is 13.1. The van der Waals surface area contributed by atoms with Gasteiger partial charge in [-0.3, -0.25) is 0 Å². The van der Waals surface area contributed by atoms with Gasteiger partial charge in [-0.25, -0.2) is 18.8 Å². The van der Waals surface area contributed by atoms with Crippen molar-refractivity contribution >= 4 is 18.2 Å². The van der Waals surface area contributed by atoms with Crippen molar-refractivity contribution in [3.05, 3.63) is 11.9 Å². The molecule has 1 N–H and O–H groups in total. The molecule has 0 aliphatic carbocycles. The molecule has 0 heterocycles. The van der Waals surface area contributed by atoms with Crippen LogP contribution in [0.2, 0.25) is 0 Å². The number of carbonyl (C=O) groups excluding carboxylic acids is 3. The second kappa shape index (κ2) is 10.2. The minimum Gasteiger partial charge on any atom is -0.467 e. The summed E-state index contributed by atoms with van der Waals surface area (Å²) in [5.74, 6) is -1.68. The summed E-state index contributed by atoms with van der Waals surface area (Å²) < 4.78 is 28.2. The van der Waals surface area contributed by atoms with Crippen LogP contribution < -0.4 is 0 Å². The van der Waals surface area contributed by atoms with Crippen molar-refractivity contribution in [1.29, 1.82) is 0 Å². The van der Waals surface area contributed by atoms with Crippen LogP contribution in [-0.2, 0) is 19.0 Å². The van der Waals surface area contributed by atoms with Crippen LogP contribution in [-0.4, -0.2) is 59.1 Å². The molecule has 0 saturated heterocycles. The third kappa shape index (κ3) is 9.93. The Morgan fingerprint density at radius 3 is 1.81 bits per heavy atom. The number of amides is 2. The van der Waals surface area contributed by atoms with E-state index >= 15 is 0 Å². The van der Waals surface area contributed by atoms with E-state index in [2.05, 4.69) is 4.74 Å². The Bertz CT molecular complexity index is 533. The fraction of sp³-hybridized carbons (Fsp3) is 0.722. The maximum Gasteiger partial charge on any atom is 0.420 e. The summed E-state index contributed by atoms with van der Waals surface area (Å²) in [5.41, 5.74) is -1.86. The van der Waals surface area contributed by atoms with Crippen LogP contribution in [0, 0.1) is 0 Å². The van der Waals surface area contributed by atoms with E-state index in [1.54, 1.807) is 41.5 Å². The average Bonchev–Trinajstić information content (AvgIpc) is 2.49. The van der Waals surface area contributed by atoms with E-state index in [9.17, 15) is 18.8 Å². The highest BCUT2D eigenvalue weighted by atomic mass is 19.1. The monoisotopic (exact) mass is 391 g/mol. The van der Waals surface area contributed by atoms with E-state index < -0.39 is 47.8 Å². The fourth-order valence-electron chi connectivity index (χ4n) is 1.90. The summed E-state index contributed by atoms with van der Waals surface area (Å²) in [6.45, 7) is 8.82. The first kappa shape index (κ1) is 24.8. The van der Waals surface area contributed by atoms with Gasteiger partial charge in [0.15, 0.2) is 0 Å². The maximum absolute atomic E-state index is 13.1. The molecule has 0 unspecified atom stereocenters. The van der Waals surface area contributed by atoms with Gasteiger partial charge in [0, 0.05) is 0 Å². The summed E-state index contributed by atoms with van der Waals surface area (Å²) in [6, 6.07) is -1.39. The van der Waals surface area contributed by atoms with Crippen molar-refractivity contribution in [2.24, 2.45) is 0 Å². The van der Waals surface area contributed by atoms with Crippen molar-refractivity contribution < 1.29 is 38.1 Å². The Hall–Kier alpha value is -2.16. The summed E-state index contributed by atoms with van der Waals surface area (Å²) >= 11 is 0. The summed E-state index contributed by atoms with van der Waals surface area (Å²) in [6.07, 6.45) is -1.29. The molecular weight excluding hydrogens is 361 g/mol. The van der Waals surface area contributed by atoms with Crippen LogP contribution in [0.4, 0.5) is 14.0 Å². The van der Waals surface area contributed by atoms with Gasteiger partial charge in [-0.05, 0) is 54.4 Å². The first-order valence-electron chi connectivity index (χ1n) is 8.50. The molecule has 156 valence electrons. The molecule has 0 aromatic rings. The number of nitrogens with zero attached hydrogens (tertiary/aromatic N) is 1. The third-order valence-corrected chi connectivity index (χ3v) is 2.92. The Morgan fingerprint density at radius 2 is 1.48 bits per heavy atom. The Labute approximate surface area is 159 Å². The van der Waals surface area contributed by atoms with Crippen LogP contribution in [0.25, 0.3) is 0 Å². The summed E-state index contributed by atoms with van der Waals surface area (Å²) in [5, 5.41) is 8.70. The highest BCUT2D eigenvalue weighted by molar-refractivity contribution is 5.94. The molecule has 0 spiro atoms. The molecular formula is C18H30FNO7. The van der Waals surface area contributed by atoms with Crippen molar-refractivity contribution in [1.82, 2.24) is 4.90 Å². The topological polar surface area (TPSA) is 102 Å². The van der Waals surface area contributed by atoms with Crippen molar-refractivity contribution in [3.8, 4) is 0 Å². The molecule has 0 aliphatic heterocycles. The number of hydrogen-bond donors (Lipinski definition) is 1. The first-order chi connectivity index (χ1) is 12.2. The second-order valence-electron chi connectivity index (χ2n) is 7.76. The van der Waals surface area contributed by atoms with Gasteiger partial charge in [0.05, 0.1) is 13.7 Å². The van der Waals surface area contributed by atoms with E-state index in [0.29, 0.717) is 4.90 Å². The molecule has 0 radical (unpaired) electrons. The average molecular weight is 391 g/mol. The van der Waals surface area contributed by atoms with Gasteiger partial charge in [-0.2, -0.15) is 4.90 Å². The van der Waals surface area contributed by atoms with Gasteiger partial charge in [-0.1, -0.05) is 6.08 Å². The quantitative estimate of drug-likeness (QED) is 0.547. The van der Waals surface area contributed by atoms with Crippen LogP contribution in [0.5, 0.6) is 0 Å². The standard InChI is InChI=1S/C18H30FNO7/c1-17(2,3)26-15(23)20(16(24)27-18(4,5)6)13(14(22)25-7)10-8-9-12(19)11-21/h9,13,21H,8,10-11H2,1-7H3/b12-9-/t13-/m1/s1. The molecule has 0 aliphatic rings. The molecule has 0 saturated carbocycles. The number of hydrogen-bond acceptors (Lipinski definition) is 7. The molecule has 0 fully saturated rings. The lowest BCUT2D eigenvalue weighted by molar-refractivity contribution is -0.146. The van der Waals surface area contributed by atoms with E-state index in [1.165, 1.54) is 0 Å². The van der Waals surface area contributed by atoms with Gasteiger partial charge in [0.2, 0.25) is 0 Å². The largest absolute Gasteiger partial charge is 0.467 e. The van der Waals surface area contributed by atoms with Crippen molar-refractivity contribution in [3.63, 3.8) is 0 Å². The Kier molecular flexibility index (Phi) is 9.43. The number of aliphatic hydroxyl groups excluding tert-OH is 1. The highest BCUT2D eigenvalue weighted by Gasteiger charge is 2.40. The van der Waals surface area contributed by atoms with E-state index in [0.717, 1.165) is 13.2 Å². The zero-order chi connectivity index (χ0) is 21.4. The van der Waals surface area contributed by atoms with Gasteiger partial charge in [0.1, 0.15) is 23.1 Å². The lowest BCUT2D eigenvalue weighted by Gasteiger charge is -2.32. The fourth-order valence-corrected chi connectivity index (χ4v) is 1.90. The predicted octanol–water partition coefficient (Wildman–Crippen LogP) is 3.33. The number of carbonyl (C=O) groups is 3. The van der Waals surface area contributed by atoms with E-state index in [1.807, 2.05) is 0 Å². The lowest BCUT2D eigenvalue weighted by Crippen LogP contribution is -2.52. The number of methoxy groups -OCH3 is 1. The highest BCUT2D eigenvalue weighted by Crippen LogP contribution is 2.20. The smallest absolute Gasteiger partial charge is 0.420 e. The molecule has 0 bridgehead atoms. The van der Waals surface area contributed by atoms with Gasteiger partial charge < -0.3 is 19.3 Å². The minimum absolute atomic E-state index is 0.0335. The molecule has 27 heavy (non-hydrogen) atoms. The number of allylic oxidation sites excluding steroid dienone is 1.